The lowest BCUT2D eigenvalue weighted by Gasteiger charge is -2.26. The quantitative estimate of drug-likeness (QED) is 0.511. The molecule has 1 fully saturated rings. The van der Waals surface area contributed by atoms with Crippen molar-refractivity contribution in [1.29, 1.82) is 0 Å². The number of benzene rings is 1. The van der Waals surface area contributed by atoms with Crippen LogP contribution in [0.1, 0.15) is 0 Å². The summed E-state index contributed by atoms with van der Waals surface area (Å²) in [5.41, 5.74) is 5.27. The predicted molar refractivity (Wildman–Crippen MR) is 116 cm³/mol. The van der Waals surface area contributed by atoms with Gasteiger partial charge in [0.05, 0.1) is 29.9 Å². The molecular weight excluding hydrogens is 384 g/mol. The van der Waals surface area contributed by atoms with E-state index in [4.69, 9.17) is 4.74 Å². The number of morpholine rings is 1. The molecule has 5 rings (SSSR count). The molecule has 0 unspecified atom stereocenters. The zero-order chi connectivity index (χ0) is 19.6. The number of hydrogen-bond acceptors (Lipinski definition) is 5. The Balaban J connectivity index is 1.41. The van der Waals surface area contributed by atoms with Crippen molar-refractivity contribution in [2.45, 2.75) is 6.54 Å². The second kappa shape index (κ2) is 7.94. The fraction of sp³-hybridized carbons (Fsp3) is 0.273. The zero-order valence-corrected chi connectivity index (χ0v) is 16.8. The Hall–Kier alpha value is -2.74. The molecule has 0 amide bonds. The highest BCUT2D eigenvalue weighted by Crippen LogP contribution is 2.25. The molecule has 1 aliphatic heterocycles. The number of rotatable bonds is 5. The van der Waals surface area contributed by atoms with E-state index in [0.717, 1.165) is 60.7 Å². The monoisotopic (exact) mass is 406 g/mol. The summed E-state index contributed by atoms with van der Waals surface area (Å²) >= 11 is 1.67. The maximum atomic E-state index is 12.3. The Morgan fingerprint density at radius 1 is 1.03 bits per heavy atom. The molecule has 0 aliphatic carbocycles. The Kier molecular flexibility index (Phi) is 5.01. The van der Waals surface area contributed by atoms with Crippen LogP contribution >= 0.6 is 11.3 Å². The number of imidazole rings is 1. The van der Waals surface area contributed by atoms with Gasteiger partial charge in [0, 0.05) is 43.8 Å². The second-order valence-corrected chi connectivity index (χ2v) is 7.98. The first-order valence-electron chi connectivity index (χ1n) is 9.78. The minimum atomic E-state index is 0.0322. The van der Waals surface area contributed by atoms with Gasteiger partial charge >= 0.3 is 0 Å². The summed E-state index contributed by atoms with van der Waals surface area (Å²) in [6.45, 7) is 4.94. The Morgan fingerprint density at radius 2 is 1.90 bits per heavy atom. The highest BCUT2D eigenvalue weighted by atomic mass is 32.1. The van der Waals surface area contributed by atoms with Crippen molar-refractivity contribution in [2.24, 2.45) is 0 Å². The van der Waals surface area contributed by atoms with Crippen molar-refractivity contribution >= 4 is 22.4 Å². The van der Waals surface area contributed by atoms with Crippen molar-refractivity contribution in [1.82, 2.24) is 19.0 Å². The minimum Gasteiger partial charge on any atom is -0.379 e. The summed E-state index contributed by atoms with van der Waals surface area (Å²) in [7, 11) is 0. The number of nitrogens with zero attached hydrogens (tertiary/aromatic N) is 4. The van der Waals surface area contributed by atoms with E-state index in [1.165, 1.54) is 0 Å². The Bertz CT molecular complexity index is 1170. The molecule has 0 saturated carbocycles. The number of aromatic nitrogens is 3. The zero-order valence-electron chi connectivity index (χ0n) is 16.0. The number of hydrogen-bond donors (Lipinski definition) is 0. The predicted octanol–water partition coefficient (Wildman–Crippen LogP) is 3.25. The molecule has 6 nitrogen and oxygen atoms in total. The molecule has 1 saturated heterocycles. The normalized spacial score (nSPS) is 15.2. The number of ether oxygens (including phenoxy) is 1. The minimum absolute atomic E-state index is 0.0322. The van der Waals surface area contributed by atoms with Crippen LogP contribution in [0.15, 0.2) is 64.5 Å². The first kappa shape index (κ1) is 18.3. The van der Waals surface area contributed by atoms with E-state index in [9.17, 15) is 4.79 Å². The summed E-state index contributed by atoms with van der Waals surface area (Å²) in [6.07, 6.45) is 3.82. The highest BCUT2D eigenvalue weighted by molar-refractivity contribution is 7.08. The molecule has 1 aromatic carbocycles. The number of pyridine rings is 1. The van der Waals surface area contributed by atoms with Crippen LogP contribution in [0.25, 0.3) is 27.8 Å². The van der Waals surface area contributed by atoms with E-state index in [2.05, 4.69) is 49.5 Å². The molecule has 0 atom stereocenters. The number of thiophene rings is 1. The van der Waals surface area contributed by atoms with Gasteiger partial charge in [-0.05, 0) is 40.8 Å². The van der Waals surface area contributed by atoms with Gasteiger partial charge in [-0.3, -0.25) is 14.3 Å². The molecule has 3 aromatic heterocycles. The van der Waals surface area contributed by atoms with E-state index < -0.39 is 0 Å². The first-order chi connectivity index (χ1) is 14.3. The van der Waals surface area contributed by atoms with Crippen molar-refractivity contribution in [3.63, 3.8) is 0 Å². The fourth-order valence-electron chi connectivity index (χ4n) is 3.74. The van der Waals surface area contributed by atoms with Gasteiger partial charge in [0.25, 0.3) is 5.56 Å². The highest BCUT2D eigenvalue weighted by Gasteiger charge is 2.11. The molecule has 4 aromatic rings. The topological polar surface area (TPSA) is 52.3 Å². The van der Waals surface area contributed by atoms with Gasteiger partial charge < -0.3 is 9.30 Å². The Morgan fingerprint density at radius 3 is 2.72 bits per heavy atom. The second-order valence-electron chi connectivity index (χ2n) is 7.20. The van der Waals surface area contributed by atoms with Crippen LogP contribution in [0.2, 0.25) is 0 Å². The van der Waals surface area contributed by atoms with E-state index in [-0.39, 0.29) is 5.56 Å². The molecule has 0 spiro atoms. The van der Waals surface area contributed by atoms with E-state index in [0.29, 0.717) is 6.54 Å². The molecule has 0 bridgehead atoms. The molecule has 0 radical (unpaired) electrons. The van der Waals surface area contributed by atoms with Gasteiger partial charge in [-0.25, -0.2) is 4.98 Å². The molecule has 0 N–H and O–H groups in total. The molecule has 29 heavy (non-hydrogen) atoms. The maximum absolute atomic E-state index is 12.3. The van der Waals surface area contributed by atoms with Gasteiger partial charge in [-0.2, -0.15) is 11.3 Å². The van der Waals surface area contributed by atoms with Gasteiger partial charge in [0.2, 0.25) is 0 Å². The number of fused-ring (bicyclic) bond motifs is 1. The van der Waals surface area contributed by atoms with E-state index in [1.54, 1.807) is 22.0 Å². The van der Waals surface area contributed by atoms with Gasteiger partial charge in [-0.1, -0.05) is 6.07 Å². The summed E-state index contributed by atoms with van der Waals surface area (Å²) in [6, 6.07) is 11.9. The van der Waals surface area contributed by atoms with Crippen LogP contribution in [-0.4, -0.2) is 51.9 Å². The van der Waals surface area contributed by atoms with Crippen molar-refractivity contribution in [3.05, 3.63) is 70.0 Å². The van der Waals surface area contributed by atoms with Crippen LogP contribution in [0.4, 0.5) is 0 Å². The molecular formula is C22H22N4O2S. The van der Waals surface area contributed by atoms with Gasteiger partial charge in [-0.15, -0.1) is 0 Å². The first-order valence-corrected chi connectivity index (χ1v) is 10.7. The maximum Gasteiger partial charge on any atom is 0.250 e. The Labute approximate surface area is 172 Å². The van der Waals surface area contributed by atoms with Crippen LogP contribution in [0, 0.1) is 0 Å². The fourth-order valence-corrected chi connectivity index (χ4v) is 4.37. The smallest absolute Gasteiger partial charge is 0.250 e. The van der Waals surface area contributed by atoms with Crippen molar-refractivity contribution in [2.75, 3.05) is 32.8 Å². The third kappa shape index (κ3) is 3.76. The van der Waals surface area contributed by atoms with Crippen LogP contribution in [0.3, 0.4) is 0 Å². The van der Waals surface area contributed by atoms with Crippen molar-refractivity contribution in [3.8, 4) is 16.8 Å². The largest absolute Gasteiger partial charge is 0.379 e. The van der Waals surface area contributed by atoms with Gasteiger partial charge in [0.15, 0.2) is 0 Å². The summed E-state index contributed by atoms with van der Waals surface area (Å²) in [5, 5.41) is 4.18. The molecule has 148 valence electrons. The third-order valence-electron chi connectivity index (χ3n) is 5.41. The van der Waals surface area contributed by atoms with Crippen LogP contribution < -0.4 is 5.56 Å². The average molecular weight is 407 g/mol. The standard InChI is InChI=1S/C22H22N4O2S/c27-22-4-2-18(14-25(22)7-6-24-8-10-28-11-9-24)17-1-3-21-20(13-17)23-16-26(21)19-5-12-29-15-19/h1-5,12-16H,6-11H2. The molecule has 7 heteroatoms. The van der Waals surface area contributed by atoms with Crippen LogP contribution in [-0.2, 0) is 11.3 Å². The molecule has 1 aliphatic rings. The molecule has 4 heterocycles. The summed E-state index contributed by atoms with van der Waals surface area (Å²) < 4.78 is 9.30. The summed E-state index contributed by atoms with van der Waals surface area (Å²) in [5.74, 6) is 0. The van der Waals surface area contributed by atoms with E-state index >= 15 is 0 Å². The lowest BCUT2D eigenvalue weighted by molar-refractivity contribution is 0.0363. The van der Waals surface area contributed by atoms with Gasteiger partial charge in [0.1, 0.15) is 6.33 Å². The van der Waals surface area contributed by atoms with Crippen molar-refractivity contribution < 1.29 is 4.74 Å². The third-order valence-corrected chi connectivity index (χ3v) is 6.08. The average Bonchev–Trinajstić information content (AvgIpc) is 3.43. The van der Waals surface area contributed by atoms with E-state index in [1.807, 2.05) is 18.6 Å². The SMILES string of the molecule is O=c1ccc(-c2ccc3c(c2)ncn3-c2ccsc2)cn1CCN1CCOCC1. The lowest BCUT2D eigenvalue weighted by Crippen LogP contribution is -2.39. The van der Waals surface area contributed by atoms with Crippen LogP contribution in [0.5, 0.6) is 0 Å². The lowest BCUT2D eigenvalue weighted by atomic mass is 10.1. The summed E-state index contributed by atoms with van der Waals surface area (Å²) in [4.78, 5) is 19.2.